The fraction of sp³-hybridized carbons (Fsp3) is 0.556. The fourth-order valence-corrected chi connectivity index (χ4v) is 3.17. The molecule has 3 rings (SSSR count). The number of rotatable bonds is 5. The zero-order valence-corrected chi connectivity index (χ0v) is 15.5. The number of methoxy groups -OCH3 is 1. The predicted octanol–water partition coefficient (Wildman–Crippen LogP) is 2.43. The topological polar surface area (TPSA) is 70.7 Å². The number of carbonyl (C=O) groups excluding carboxylic acids is 2. The lowest BCUT2D eigenvalue weighted by Gasteiger charge is -2.32. The molecular weight excluding hydrogens is 342 g/mol. The summed E-state index contributed by atoms with van der Waals surface area (Å²) in [5, 5.41) is 6.17. The Balaban J connectivity index is 0.00000225. The molecule has 25 heavy (non-hydrogen) atoms. The van der Waals surface area contributed by atoms with E-state index in [1.54, 1.807) is 12.0 Å². The molecule has 2 aliphatic heterocycles. The third-order valence-corrected chi connectivity index (χ3v) is 4.99. The Kier molecular flexibility index (Phi) is 6.67. The van der Waals surface area contributed by atoms with Crippen LogP contribution in [0.1, 0.15) is 26.2 Å². The van der Waals surface area contributed by atoms with Gasteiger partial charge < -0.3 is 20.3 Å². The highest BCUT2D eigenvalue weighted by Crippen LogP contribution is 2.34. The minimum Gasteiger partial charge on any atom is -0.495 e. The SMILES string of the molecule is COc1ccc(NC(=O)C(C)C2CNC2)cc1N1CCCCC1=O.Cl. The highest BCUT2D eigenvalue weighted by molar-refractivity contribution is 5.98. The number of benzene rings is 1. The molecule has 0 aliphatic carbocycles. The van der Waals surface area contributed by atoms with E-state index in [0.717, 1.165) is 31.6 Å². The number of nitrogens with zero attached hydrogens (tertiary/aromatic N) is 1. The number of halogens is 1. The quantitative estimate of drug-likeness (QED) is 0.838. The predicted molar refractivity (Wildman–Crippen MR) is 101 cm³/mol. The molecule has 6 nitrogen and oxygen atoms in total. The van der Waals surface area contributed by atoms with Crippen molar-refractivity contribution in [1.82, 2.24) is 5.32 Å². The molecule has 138 valence electrons. The van der Waals surface area contributed by atoms with E-state index in [2.05, 4.69) is 10.6 Å². The first-order valence-corrected chi connectivity index (χ1v) is 8.60. The first-order chi connectivity index (χ1) is 11.6. The Morgan fingerprint density at radius 3 is 2.72 bits per heavy atom. The first kappa shape index (κ1) is 19.5. The van der Waals surface area contributed by atoms with E-state index in [9.17, 15) is 9.59 Å². The van der Waals surface area contributed by atoms with Crippen molar-refractivity contribution in [2.24, 2.45) is 11.8 Å². The van der Waals surface area contributed by atoms with Crippen LogP contribution in [0, 0.1) is 11.8 Å². The first-order valence-electron chi connectivity index (χ1n) is 8.60. The third-order valence-electron chi connectivity index (χ3n) is 4.99. The van der Waals surface area contributed by atoms with Gasteiger partial charge in [0, 0.05) is 24.6 Å². The van der Waals surface area contributed by atoms with Gasteiger partial charge in [0.05, 0.1) is 12.8 Å². The van der Waals surface area contributed by atoms with Crippen molar-refractivity contribution in [2.45, 2.75) is 26.2 Å². The van der Waals surface area contributed by atoms with Crippen molar-refractivity contribution in [3.8, 4) is 5.75 Å². The number of nitrogens with one attached hydrogen (secondary N) is 2. The molecule has 2 aliphatic rings. The third kappa shape index (κ3) is 4.25. The Morgan fingerprint density at radius 2 is 2.12 bits per heavy atom. The van der Waals surface area contributed by atoms with Crippen molar-refractivity contribution < 1.29 is 14.3 Å². The molecule has 1 unspecified atom stereocenters. The van der Waals surface area contributed by atoms with Gasteiger partial charge in [-0.05, 0) is 50.0 Å². The summed E-state index contributed by atoms with van der Waals surface area (Å²) < 4.78 is 5.40. The minimum atomic E-state index is -0.0339. The molecule has 0 aromatic heterocycles. The number of hydrogen-bond acceptors (Lipinski definition) is 4. The number of carbonyl (C=O) groups is 2. The number of ether oxygens (including phenoxy) is 1. The summed E-state index contributed by atoms with van der Waals surface area (Å²) in [4.78, 5) is 26.4. The Morgan fingerprint density at radius 1 is 1.36 bits per heavy atom. The summed E-state index contributed by atoms with van der Waals surface area (Å²) in [7, 11) is 1.59. The largest absolute Gasteiger partial charge is 0.495 e. The number of anilines is 2. The summed E-state index contributed by atoms with van der Waals surface area (Å²) in [6, 6.07) is 5.47. The minimum absolute atomic E-state index is 0. The zero-order chi connectivity index (χ0) is 17.1. The van der Waals surface area contributed by atoms with E-state index >= 15 is 0 Å². The standard InChI is InChI=1S/C18H25N3O3.ClH/c1-12(13-10-19-11-13)18(23)20-14-6-7-16(24-2)15(9-14)21-8-4-3-5-17(21)22;/h6-7,9,12-13,19H,3-5,8,10-11H2,1-2H3,(H,20,23);1H. The lowest BCUT2D eigenvalue weighted by atomic mass is 9.88. The average molecular weight is 368 g/mol. The van der Waals surface area contributed by atoms with Crippen molar-refractivity contribution in [3.63, 3.8) is 0 Å². The molecule has 0 saturated carbocycles. The van der Waals surface area contributed by atoms with Gasteiger partial charge in [-0.1, -0.05) is 6.92 Å². The molecule has 2 fully saturated rings. The lowest BCUT2D eigenvalue weighted by molar-refractivity contribution is -0.121. The normalized spacial score (nSPS) is 18.8. The second kappa shape index (κ2) is 8.54. The van der Waals surface area contributed by atoms with Gasteiger partial charge in [-0.25, -0.2) is 0 Å². The van der Waals surface area contributed by atoms with E-state index < -0.39 is 0 Å². The van der Waals surface area contributed by atoms with Crippen LogP contribution in [0.5, 0.6) is 5.75 Å². The van der Waals surface area contributed by atoms with E-state index in [0.29, 0.717) is 30.3 Å². The Hall–Kier alpha value is -1.79. The van der Waals surface area contributed by atoms with Crippen LogP contribution in [0.3, 0.4) is 0 Å². The monoisotopic (exact) mass is 367 g/mol. The highest BCUT2D eigenvalue weighted by atomic mass is 35.5. The zero-order valence-electron chi connectivity index (χ0n) is 14.7. The summed E-state index contributed by atoms with van der Waals surface area (Å²) in [6.07, 6.45) is 2.48. The van der Waals surface area contributed by atoms with Crippen molar-refractivity contribution in [2.75, 3.05) is 37.0 Å². The van der Waals surface area contributed by atoms with Gasteiger partial charge in [0.15, 0.2) is 0 Å². The van der Waals surface area contributed by atoms with Gasteiger partial charge in [-0.15, -0.1) is 12.4 Å². The molecule has 2 heterocycles. The maximum atomic E-state index is 12.4. The molecule has 1 aromatic carbocycles. The van der Waals surface area contributed by atoms with E-state index in [4.69, 9.17) is 4.74 Å². The molecule has 2 saturated heterocycles. The lowest BCUT2D eigenvalue weighted by Crippen LogP contribution is -2.48. The van der Waals surface area contributed by atoms with Crippen LogP contribution < -0.4 is 20.3 Å². The molecular formula is C18H26ClN3O3. The fourth-order valence-electron chi connectivity index (χ4n) is 3.17. The van der Waals surface area contributed by atoms with Crippen LogP contribution in [-0.2, 0) is 9.59 Å². The van der Waals surface area contributed by atoms with E-state index in [1.807, 2.05) is 25.1 Å². The smallest absolute Gasteiger partial charge is 0.227 e. The average Bonchev–Trinajstić information content (AvgIpc) is 2.53. The van der Waals surface area contributed by atoms with Crippen LogP contribution in [0.2, 0.25) is 0 Å². The van der Waals surface area contributed by atoms with Crippen molar-refractivity contribution >= 4 is 35.6 Å². The number of amides is 2. The summed E-state index contributed by atoms with van der Waals surface area (Å²) in [6.45, 7) is 4.44. The maximum absolute atomic E-state index is 12.4. The van der Waals surface area contributed by atoms with E-state index in [-0.39, 0.29) is 30.1 Å². The highest BCUT2D eigenvalue weighted by Gasteiger charge is 2.29. The van der Waals surface area contributed by atoms with Crippen molar-refractivity contribution in [3.05, 3.63) is 18.2 Å². The van der Waals surface area contributed by atoms with Gasteiger partial charge >= 0.3 is 0 Å². The van der Waals surface area contributed by atoms with Crippen molar-refractivity contribution in [1.29, 1.82) is 0 Å². The number of hydrogen-bond donors (Lipinski definition) is 2. The molecule has 7 heteroatoms. The maximum Gasteiger partial charge on any atom is 0.227 e. The summed E-state index contributed by atoms with van der Waals surface area (Å²) >= 11 is 0. The molecule has 0 bridgehead atoms. The molecule has 0 radical (unpaired) electrons. The Labute approximate surface area is 154 Å². The molecule has 2 N–H and O–H groups in total. The summed E-state index contributed by atoms with van der Waals surface area (Å²) in [5.74, 6) is 1.14. The van der Waals surface area contributed by atoms with E-state index in [1.165, 1.54) is 0 Å². The van der Waals surface area contributed by atoms with Gasteiger partial charge in [-0.3, -0.25) is 9.59 Å². The van der Waals surface area contributed by atoms with Crippen LogP contribution >= 0.6 is 12.4 Å². The van der Waals surface area contributed by atoms with Gasteiger partial charge in [-0.2, -0.15) is 0 Å². The van der Waals surface area contributed by atoms with Crippen LogP contribution in [0.25, 0.3) is 0 Å². The molecule has 0 spiro atoms. The molecule has 1 atom stereocenters. The van der Waals surface area contributed by atoms with Crippen LogP contribution in [0.15, 0.2) is 18.2 Å². The molecule has 1 aromatic rings. The molecule has 2 amide bonds. The Bertz CT molecular complexity index is 634. The second-order valence-electron chi connectivity index (χ2n) is 6.59. The van der Waals surface area contributed by atoms with Crippen LogP contribution in [-0.4, -0.2) is 38.6 Å². The van der Waals surface area contributed by atoms with Gasteiger partial charge in [0.2, 0.25) is 11.8 Å². The van der Waals surface area contributed by atoms with Crippen LogP contribution in [0.4, 0.5) is 11.4 Å². The number of piperidine rings is 1. The van der Waals surface area contributed by atoms with Gasteiger partial charge in [0.1, 0.15) is 5.75 Å². The summed E-state index contributed by atoms with van der Waals surface area (Å²) in [5.41, 5.74) is 1.44. The van der Waals surface area contributed by atoms with Gasteiger partial charge in [0.25, 0.3) is 0 Å². The second-order valence-corrected chi connectivity index (χ2v) is 6.59.